The van der Waals surface area contributed by atoms with Crippen LogP contribution in [0.2, 0.25) is 0 Å². The molecule has 3 atom stereocenters. The molecule has 19 heavy (non-hydrogen) atoms. The van der Waals surface area contributed by atoms with E-state index in [2.05, 4.69) is 43.9 Å². The maximum absolute atomic E-state index is 10.6. The SMILES string of the molecule is CCCCN(C(C)CC)C1Cc2ccccc2C1O. The number of benzene rings is 1. The molecule has 0 saturated heterocycles. The summed E-state index contributed by atoms with van der Waals surface area (Å²) in [5.41, 5.74) is 2.46. The van der Waals surface area contributed by atoms with Gasteiger partial charge in [0.25, 0.3) is 0 Å². The van der Waals surface area contributed by atoms with Crippen molar-refractivity contribution in [1.29, 1.82) is 0 Å². The molecule has 1 aliphatic carbocycles. The Labute approximate surface area is 117 Å². The van der Waals surface area contributed by atoms with E-state index in [9.17, 15) is 5.11 Å². The standard InChI is InChI=1S/C17H27NO/c1-4-6-11-18(13(3)5-2)16-12-14-9-7-8-10-15(14)17(16)19/h7-10,13,16-17,19H,4-6,11-12H2,1-3H3. The lowest BCUT2D eigenvalue weighted by molar-refractivity contribution is 0.0359. The van der Waals surface area contributed by atoms with Gasteiger partial charge in [0, 0.05) is 12.1 Å². The molecule has 0 bridgehead atoms. The summed E-state index contributed by atoms with van der Waals surface area (Å²) in [6, 6.07) is 9.15. The summed E-state index contributed by atoms with van der Waals surface area (Å²) in [7, 11) is 0. The molecule has 1 aromatic rings. The van der Waals surface area contributed by atoms with E-state index < -0.39 is 0 Å². The van der Waals surface area contributed by atoms with Gasteiger partial charge in [0.2, 0.25) is 0 Å². The predicted octanol–water partition coefficient (Wildman–Crippen LogP) is 3.55. The van der Waals surface area contributed by atoms with Crippen LogP contribution in [0.15, 0.2) is 24.3 Å². The molecule has 106 valence electrons. The summed E-state index contributed by atoms with van der Waals surface area (Å²) >= 11 is 0. The van der Waals surface area contributed by atoms with E-state index in [-0.39, 0.29) is 12.1 Å². The zero-order valence-electron chi connectivity index (χ0n) is 12.5. The second-order valence-corrected chi connectivity index (χ2v) is 5.76. The first-order valence-corrected chi connectivity index (χ1v) is 7.70. The Kier molecular flexibility index (Phi) is 5.00. The summed E-state index contributed by atoms with van der Waals surface area (Å²) in [4.78, 5) is 2.52. The third-order valence-corrected chi connectivity index (χ3v) is 4.52. The number of aliphatic hydroxyl groups excluding tert-OH is 1. The molecule has 0 aliphatic heterocycles. The van der Waals surface area contributed by atoms with Gasteiger partial charge in [-0.25, -0.2) is 0 Å². The first-order chi connectivity index (χ1) is 9.19. The van der Waals surface area contributed by atoms with E-state index in [1.54, 1.807) is 0 Å². The average Bonchev–Trinajstić information content (AvgIpc) is 2.77. The number of fused-ring (bicyclic) bond motifs is 1. The highest BCUT2D eigenvalue weighted by molar-refractivity contribution is 5.36. The normalized spacial score (nSPS) is 23.6. The topological polar surface area (TPSA) is 23.5 Å². The lowest BCUT2D eigenvalue weighted by Gasteiger charge is -2.36. The van der Waals surface area contributed by atoms with Gasteiger partial charge in [-0.15, -0.1) is 0 Å². The first kappa shape index (κ1) is 14.5. The summed E-state index contributed by atoms with van der Waals surface area (Å²) in [6.45, 7) is 7.85. The van der Waals surface area contributed by atoms with Crippen molar-refractivity contribution in [3.05, 3.63) is 35.4 Å². The van der Waals surface area contributed by atoms with Crippen LogP contribution >= 0.6 is 0 Å². The molecule has 0 fully saturated rings. The molecule has 0 spiro atoms. The minimum absolute atomic E-state index is 0.263. The molecule has 2 heteroatoms. The number of unbranched alkanes of at least 4 members (excludes halogenated alkanes) is 1. The van der Waals surface area contributed by atoms with Crippen LogP contribution in [0.3, 0.4) is 0 Å². The van der Waals surface area contributed by atoms with Crippen molar-refractivity contribution in [2.75, 3.05) is 6.54 Å². The Morgan fingerprint density at radius 2 is 2.05 bits per heavy atom. The Morgan fingerprint density at radius 3 is 2.68 bits per heavy atom. The smallest absolute Gasteiger partial charge is 0.0951 e. The molecule has 1 aromatic carbocycles. The van der Waals surface area contributed by atoms with Gasteiger partial charge in [-0.1, -0.05) is 44.5 Å². The van der Waals surface area contributed by atoms with E-state index in [1.807, 2.05) is 6.07 Å². The van der Waals surface area contributed by atoms with Crippen molar-refractivity contribution >= 4 is 0 Å². The molecule has 2 nitrogen and oxygen atoms in total. The van der Waals surface area contributed by atoms with E-state index >= 15 is 0 Å². The fourth-order valence-electron chi connectivity index (χ4n) is 3.14. The van der Waals surface area contributed by atoms with Crippen LogP contribution in [-0.4, -0.2) is 28.6 Å². The van der Waals surface area contributed by atoms with Crippen molar-refractivity contribution < 1.29 is 5.11 Å². The van der Waals surface area contributed by atoms with E-state index in [4.69, 9.17) is 0 Å². The fraction of sp³-hybridized carbons (Fsp3) is 0.647. The number of hydrogen-bond donors (Lipinski definition) is 1. The van der Waals surface area contributed by atoms with Gasteiger partial charge in [0.15, 0.2) is 0 Å². The third-order valence-electron chi connectivity index (χ3n) is 4.52. The molecule has 0 saturated carbocycles. The fourth-order valence-corrected chi connectivity index (χ4v) is 3.14. The van der Waals surface area contributed by atoms with Gasteiger partial charge in [-0.3, -0.25) is 4.90 Å². The number of rotatable bonds is 6. The third kappa shape index (κ3) is 3.01. The zero-order valence-corrected chi connectivity index (χ0v) is 12.5. The minimum atomic E-state index is -0.318. The van der Waals surface area contributed by atoms with Crippen molar-refractivity contribution in [3.63, 3.8) is 0 Å². The highest BCUT2D eigenvalue weighted by Crippen LogP contribution is 2.35. The second kappa shape index (κ2) is 6.53. The van der Waals surface area contributed by atoms with Crippen molar-refractivity contribution in [2.24, 2.45) is 0 Å². The molecule has 0 radical (unpaired) electrons. The second-order valence-electron chi connectivity index (χ2n) is 5.76. The van der Waals surface area contributed by atoms with Gasteiger partial charge in [-0.05, 0) is 43.9 Å². The van der Waals surface area contributed by atoms with Gasteiger partial charge >= 0.3 is 0 Å². The summed E-state index contributed by atoms with van der Waals surface area (Å²) in [5, 5.41) is 10.6. The average molecular weight is 261 g/mol. The van der Waals surface area contributed by atoms with Gasteiger partial charge in [0.05, 0.1) is 6.10 Å². The molecule has 1 aliphatic rings. The number of hydrogen-bond acceptors (Lipinski definition) is 2. The quantitative estimate of drug-likeness (QED) is 0.846. The monoisotopic (exact) mass is 261 g/mol. The molecule has 0 heterocycles. The highest BCUT2D eigenvalue weighted by Gasteiger charge is 2.35. The van der Waals surface area contributed by atoms with Crippen molar-refractivity contribution in [2.45, 2.75) is 64.6 Å². The molecular weight excluding hydrogens is 234 g/mol. The Bertz CT molecular complexity index is 404. The highest BCUT2D eigenvalue weighted by atomic mass is 16.3. The Hall–Kier alpha value is -0.860. The van der Waals surface area contributed by atoms with Gasteiger partial charge in [-0.2, -0.15) is 0 Å². The van der Waals surface area contributed by atoms with Crippen LogP contribution < -0.4 is 0 Å². The molecular formula is C17H27NO. The minimum Gasteiger partial charge on any atom is -0.387 e. The molecule has 1 N–H and O–H groups in total. The van der Waals surface area contributed by atoms with E-state index in [0.717, 1.165) is 24.9 Å². The van der Waals surface area contributed by atoms with Crippen LogP contribution in [0, 0.1) is 0 Å². The maximum Gasteiger partial charge on any atom is 0.0951 e. The predicted molar refractivity (Wildman–Crippen MR) is 80.3 cm³/mol. The van der Waals surface area contributed by atoms with Crippen LogP contribution in [0.5, 0.6) is 0 Å². The van der Waals surface area contributed by atoms with Crippen LogP contribution in [0.1, 0.15) is 57.3 Å². The van der Waals surface area contributed by atoms with Gasteiger partial charge in [0.1, 0.15) is 0 Å². The zero-order chi connectivity index (χ0) is 13.8. The molecule has 3 unspecified atom stereocenters. The lowest BCUT2D eigenvalue weighted by Crippen LogP contribution is -2.44. The van der Waals surface area contributed by atoms with Crippen molar-refractivity contribution in [3.8, 4) is 0 Å². The van der Waals surface area contributed by atoms with Crippen LogP contribution in [0.25, 0.3) is 0 Å². The summed E-state index contributed by atoms with van der Waals surface area (Å²) < 4.78 is 0. The van der Waals surface area contributed by atoms with Crippen molar-refractivity contribution in [1.82, 2.24) is 4.90 Å². The number of aliphatic hydroxyl groups is 1. The Morgan fingerprint density at radius 1 is 1.32 bits per heavy atom. The van der Waals surface area contributed by atoms with E-state index in [0.29, 0.717) is 6.04 Å². The van der Waals surface area contributed by atoms with Crippen LogP contribution in [0.4, 0.5) is 0 Å². The Balaban J connectivity index is 2.15. The van der Waals surface area contributed by atoms with E-state index in [1.165, 1.54) is 18.4 Å². The maximum atomic E-state index is 10.6. The largest absolute Gasteiger partial charge is 0.387 e. The molecule has 0 amide bonds. The summed E-state index contributed by atoms with van der Waals surface area (Å²) in [6.07, 6.45) is 4.24. The molecule has 0 aromatic heterocycles. The van der Waals surface area contributed by atoms with Crippen LogP contribution in [-0.2, 0) is 6.42 Å². The first-order valence-electron chi connectivity index (χ1n) is 7.70. The van der Waals surface area contributed by atoms with Gasteiger partial charge < -0.3 is 5.11 Å². The molecule has 2 rings (SSSR count). The summed E-state index contributed by atoms with van der Waals surface area (Å²) in [5.74, 6) is 0. The lowest BCUT2D eigenvalue weighted by atomic mass is 10.1. The number of nitrogens with zero attached hydrogens (tertiary/aromatic N) is 1.